The zero-order valence-electron chi connectivity index (χ0n) is 13.2. The minimum absolute atomic E-state index is 0.244. The van der Waals surface area contributed by atoms with Gasteiger partial charge in [-0.05, 0) is 34.5 Å². The van der Waals surface area contributed by atoms with Gasteiger partial charge in [-0.1, -0.05) is 6.92 Å². The van der Waals surface area contributed by atoms with Crippen LogP contribution in [0.2, 0.25) is 0 Å². The van der Waals surface area contributed by atoms with E-state index in [9.17, 15) is 0 Å². The fourth-order valence-electron chi connectivity index (χ4n) is 2.86. The van der Waals surface area contributed by atoms with Gasteiger partial charge < -0.3 is 10.6 Å². The first-order valence-electron chi connectivity index (χ1n) is 7.01. The van der Waals surface area contributed by atoms with Crippen molar-refractivity contribution in [3.8, 4) is 0 Å². The first-order valence-corrected chi connectivity index (χ1v) is 7.01. The number of aromatic nitrogens is 2. The molecule has 1 aromatic rings. The molecule has 0 radical (unpaired) electrons. The van der Waals surface area contributed by atoms with Crippen molar-refractivity contribution >= 4 is 0 Å². The van der Waals surface area contributed by atoms with Crippen LogP contribution in [-0.2, 0) is 7.05 Å². The third kappa shape index (κ3) is 4.03. The highest BCUT2D eigenvalue weighted by Crippen LogP contribution is 2.24. The average molecular weight is 267 g/mol. The number of rotatable bonds is 7. The Kier molecular flexibility index (Phi) is 5.97. The second-order valence-electron chi connectivity index (χ2n) is 5.54. The van der Waals surface area contributed by atoms with Crippen LogP contribution in [0.4, 0.5) is 0 Å². The first kappa shape index (κ1) is 16.1. The van der Waals surface area contributed by atoms with Gasteiger partial charge in [0.05, 0.1) is 11.7 Å². The number of nitrogens with two attached hydrogens (primary N) is 1. The molecule has 2 N–H and O–H groups in total. The number of hydrogen-bond donors (Lipinski definition) is 1. The van der Waals surface area contributed by atoms with Gasteiger partial charge in [-0.2, -0.15) is 5.10 Å². The summed E-state index contributed by atoms with van der Waals surface area (Å²) >= 11 is 0. The van der Waals surface area contributed by atoms with Gasteiger partial charge in [-0.3, -0.25) is 9.58 Å². The van der Waals surface area contributed by atoms with Gasteiger partial charge >= 0.3 is 0 Å². The average Bonchev–Trinajstić information content (AvgIpc) is 2.63. The van der Waals surface area contributed by atoms with Gasteiger partial charge in [0.1, 0.15) is 0 Å². The lowest BCUT2D eigenvalue weighted by Crippen LogP contribution is -2.44. The Balaban J connectivity index is 2.95. The Bertz CT molecular complexity index is 385. The van der Waals surface area contributed by atoms with Crippen LogP contribution in [0.1, 0.15) is 31.1 Å². The van der Waals surface area contributed by atoms with E-state index in [2.05, 4.69) is 56.0 Å². The van der Waals surface area contributed by atoms with E-state index in [1.54, 1.807) is 0 Å². The normalized spacial score (nSPS) is 15.2. The van der Waals surface area contributed by atoms with Gasteiger partial charge in [0.2, 0.25) is 0 Å². The van der Waals surface area contributed by atoms with E-state index in [4.69, 9.17) is 5.73 Å². The largest absolute Gasteiger partial charge is 0.329 e. The summed E-state index contributed by atoms with van der Waals surface area (Å²) in [7, 11) is 6.18. The molecule has 19 heavy (non-hydrogen) atoms. The first-order chi connectivity index (χ1) is 8.90. The molecule has 0 aliphatic heterocycles. The Morgan fingerprint density at radius 3 is 2.42 bits per heavy atom. The fourth-order valence-corrected chi connectivity index (χ4v) is 2.86. The topological polar surface area (TPSA) is 50.3 Å². The third-order valence-electron chi connectivity index (χ3n) is 3.59. The summed E-state index contributed by atoms with van der Waals surface area (Å²) in [4.78, 5) is 4.68. The van der Waals surface area contributed by atoms with E-state index < -0.39 is 0 Å². The predicted octanol–water partition coefficient (Wildman–Crippen LogP) is 1.00. The van der Waals surface area contributed by atoms with Crippen molar-refractivity contribution in [1.29, 1.82) is 0 Å². The molecule has 0 aliphatic rings. The van der Waals surface area contributed by atoms with Crippen LogP contribution in [0.3, 0.4) is 0 Å². The lowest BCUT2D eigenvalue weighted by Gasteiger charge is -2.36. The van der Waals surface area contributed by atoms with E-state index in [-0.39, 0.29) is 6.04 Å². The summed E-state index contributed by atoms with van der Waals surface area (Å²) < 4.78 is 1.87. The third-order valence-corrected chi connectivity index (χ3v) is 3.59. The van der Waals surface area contributed by atoms with Crippen molar-refractivity contribution in [1.82, 2.24) is 19.6 Å². The quantitative estimate of drug-likeness (QED) is 0.801. The molecule has 0 bridgehead atoms. The van der Waals surface area contributed by atoms with Gasteiger partial charge in [-0.15, -0.1) is 0 Å². The minimum atomic E-state index is 0.244. The highest BCUT2D eigenvalue weighted by atomic mass is 15.3. The number of nitrogens with zero attached hydrogens (tertiary/aromatic N) is 4. The maximum absolute atomic E-state index is 6.04. The van der Waals surface area contributed by atoms with E-state index in [0.717, 1.165) is 18.8 Å². The van der Waals surface area contributed by atoms with Crippen LogP contribution in [0, 0.1) is 6.92 Å². The highest BCUT2D eigenvalue weighted by Gasteiger charge is 2.25. The molecule has 0 amide bonds. The molecule has 0 aliphatic carbocycles. The van der Waals surface area contributed by atoms with Crippen LogP contribution in [0.15, 0.2) is 6.20 Å². The summed E-state index contributed by atoms with van der Waals surface area (Å²) in [6, 6.07) is 0.710. The zero-order chi connectivity index (χ0) is 14.6. The molecule has 5 heteroatoms. The maximum atomic E-state index is 6.04. The molecule has 2 unspecified atom stereocenters. The molecule has 5 nitrogen and oxygen atoms in total. The van der Waals surface area contributed by atoms with Crippen LogP contribution in [0.25, 0.3) is 0 Å². The minimum Gasteiger partial charge on any atom is -0.329 e. The highest BCUT2D eigenvalue weighted by molar-refractivity contribution is 5.21. The maximum Gasteiger partial charge on any atom is 0.0641 e. The Morgan fingerprint density at radius 2 is 2.05 bits per heavy atom. The van der Waals surface area contributed by atoms with Crippen molar-refractivity contribution in [2.24, 2.45) is 12.8 Å². The Morgan fingerprint density at radius 1 is 1.42 bits per heavy atom. The number of hydrogen-bond acceptors (Lipinski definition) is 4. The van der Waals surface area contributed by atoms with Gasteiger partial charge in [0.25, 0.3) is 0 Å². The van der Waals surface area contributed by atoms with E-state index in [0.29, 0.717) is 12.6 Å². The second kappa shape index (κ2) is 7.03. The number of aryl methyl sites for hydroxylation is 2. The van der Waals surface area contributed by atoms with Crippen LogP contribution >= 0.6 is 0 Å². The summed E-state index contributed by atoms with van der Waals surface area (Å²) in [6.45, 7) is 9.16. The predicted molar refractivity (Wildman–Crippen MR) is 80.1 cm³/mol. The van der Waals surface area contributed by atoms with Crippen molar-refractivity contribution in [2.45, 2.75) is 32.9 Å². The van der Waals surface area contributed by atoms with Crippen molar-refractivity contribution in [3.05, 3.63) is 17.5 Å². The summed E-state index contributed by atoms with van der Waals surface area (Å²) in [6.07, 6.45) is 2.10. The van der Waals surface area contributed by atoms with Crippen molar-refractivity contribution in [3.63, 3.8) is 0 Å². The molecule has 1 aromatic heterocycles. The zero-order valence-corrected chi connectivity index (χ0v) is 13.2. The van der Waals surface area contributed by atoms with Gasteiger partial charge in [0.15, 0.2) is 0 Å². The summed E-state index contributed by atoms with van der Waals surface area (Å²) in [5.74, 6) is 0. The monoisotopic (exact) mass is 267 g/mol. The van der Waals surface area contributed by atoms with E-state index in [1.807, 2.05) is 11.7 Å². The summed E-state index contributed by atoms with van der Waals surface area (Å²) in [5.41, 5.74) is 8.36. The molecule has 1 heterocycles. The smallest absolute Gasteiger partial charge is 0.0641 e. The van der Waals surface area contributed by atoms with Crippen LogP contribution in [0.5, 0.6) is 0 Å². The molecule has 1 rings (SSSR count). The number of likely N-dealkylation sites (N-methyl/N-ethyl adjacent to an activating group) is 2. The van der Waals surface area contributed by atoms with Gasteiger partial charge in [-0.25, -0.2) is 0 Å². The molecular weight excluding hydrogens is 238 g/mol. The van der Waals surface area contributed by atoms with Crippen molar-refractivity contribution < 1.29 is 0 Å². The molecular formula is C14H29N5. The Hall–Kier alpha value is -0.910. The summed E-state index contributed by atoms with van der Waals surface area (Å²) in [5, 5.41) is 4.44. The molecule has 0 aromatic carbocycles. The van der Waals surface area contributed by atoms with Crippen LogP contribution in [-0.4, -0.2) is 59.4 Å². The standard InChI is InChI=1S/C14H29N5/c1-7-19(11(2)9-17(4)5)14(8-15)13-10-18(6)16-12(13)3/h10-11,14H,7-9,15H2,1-6H3. The molecule has 0 spiro atoms. The molecule has 0 saturated heterocycles. The second-order valence-corrected chi connectivity index (χ2v) is 5.54. The molecule has 2 atom stereocenters. The van der Waals surface area contributed by atoms with E-state index in [1.165, 1.54) is 5.56 Å². The lowest BCUT2D eigenvalue weighted by atomic mass is 10.0. The van der Waals surface area contributed by atoms with E-state index >= 15 is 0 Å². The SMILES string of the molecule is CCN(C(C)CN(C)C)C(CN)c1cn(C)nc1C. The fraction of sp³-hybridized carbons (Fsp3) is 0.786. The van der Waals surface area contributed by atoms with Gasteiger partial charge in [0, 0.05) is 37.9 Å². The Labute approximate surface area is 117 Å². The van der Waals surface area contributed by atoms with Crippen molar-refractivity contribution in [2.75, 3.05) is 33.7 Å². The molecule has 0 saturated carbocycles. The molecule has 110 valence electrons. The lowest BCUT2D eigenvalue weighted by molar-refractivity contribution is 0.130. The molecule has 0 fully saturated rings. The van der Waals surface area contributed by atoms with Crippen LogP contribution < -0.4 is 5.73 Å².